The Labute approximate surface area is 180 Å². The molecule has 3 aliphatic rings. The Morgan fingerprint density at radius 2 is 1.69 bits per heavy atom. The largest absolute Gasteiger partial charge is 0.370 e. The summed E-state index contributed by atoms with van der Waals surface area (Å²) >= 11 is 6.50. The van der Waals surface area contributed by atoms with Crippen LogP contribution in [0.1, 0.15) is 57.8 Å². The molecule has 0 radical (unpaired) electrons. The van der Waals surface area contributed by atoms with Crippen molar-refractivity contribution in [2.45, 2.75) is 63.8 Å². The molecule has 2 heterocycles. The predicted molar refractivity (Wildman–Crippen MR) is 121 cm³/mol. The summed E-state index contributed by atoms with van der Waals surface area (Å²) < 4.78 is 0. The second kappa shape index (κ2) is 10.0. The molecule has 29 heavy (non-hydrogen) atoms. The van der Waals surface area contributed by atoms with E-state index in [4.69, 9.17) is 11.6 Å². The van der Waals surface area contributed by atoms with Crippen molar-refractivity contribution in [2.24, 2.45) is 5.92 Å². The molecule has 2 saturated heterocycles. The molecule has 1 aliphatic carbocycles. The lowest BCUT2D eigenvalue weighted by Crippen LogP contribution is -2.46. The van der Waals surface area contributed by atoms with Crippen LogP contribution in [0.3, 0.4) is 0 Å². The lowest BCUT2D eigenvalue weighted by atomic mass is 10.0. The number of amides is 2. The van der Waals surface area contributed by atoms with E-state index in [-0.39, 0.29) is 12.1 Å². The topological polar surface area (TPSA) is 47.6 Å². The maximum atomic E-state index is 12.4. The van der Waals surface area contributed by atoms with E-state index in [2.05, 4.69) is 20.4 Å². The second-order valence-corrected chi connectivity index (χ2v) is 9.44. The summed E-state index contributed by atoms with van der Waals surface area (Å²) in [7, 11) is 0. The van der Waals surface area contributed by atoms with Gasteiger partial charge >= 0.3 is 6.03 Å². The number of rotatable bonds is 5. The molecule has 1 aromatic carbocycles. The number of urea groups is 1. The summed E-state index contributed by atoms with van der Waals surface area (Å²) in [5.41, 5.74) is 1.83. The molecule has 0 aromatic heterocycles. The quantitative estimate of drug-likeness (QED) is 0.698. The van der Waals surface area contributed by atoms with Crippen molar-refractivity contribution in [3.05, 3.63) is 23.2 Å². The zero-order chi connectivity index (χ0) is 20.1. The fraction of sp³-hybridized carbons (Fsp3) is 0.696. The molecule has 0 unspecified atom stereocenters. The van der Waals surface area contributed by atoms with Crippen LogP contribution in [0.2, 0.25) is 5.02 Å². The highest BCUT2D eigenvalue weighted by Crippen LogP contribution is 2.31. The molecule has 160 valence electrons. The number of benzene rings is 1. The molecule has 2 aliphatic heterocycles. The molecule has 2 amide bonds. The second-order valence-electron chi connectivity index (χ2n) is 9.04. The van der Waals surface area contributed by atoms with Crippen LogP contribution in [0.5, 0.6) is 0 Å². The van der Waals surface area contributed by atoms with Gasteiger partial charge < -0.3 is 20.4 Å². The number of carbonyl (C=O) groups is 1. The lowest BCUT2D eigenvalue weighted by Gasteiger charge is -2.33. The van der Waals surface area contributed by atoms with Crippen LogP contribution in [0.25, 0.3) is 0 Å². The maximum absolute atomic E-state index is 12.4. The van der Waals surface area contributed by atoms with Gasteiger partial charge in [0.1, 0.15) is 0 Å². The van der Waals surface area contributed by atoms with Crippen LogP contribution in [-0.4, -0.2) is 49.7 Å². The number of hydrogen-bond acceptors (Lipinski definition) is 3. The Morgan fingerprint density at radius 1 is 0.966 bits per heavy atom. The highest BCUT2D eigenvalue weighted by atomic mass is 35.5. The van der Waals surface area contributed by atoms with Crippen LogP contribution in [-0.2, 0) is 0 Å². The van der Waals surface area contributed by atoms with Crippen LogP contribution in [0, 0.1) is 5.92 Å². The number of halogens is 1. The van der Waals surface area contributed by atoms with Crippen LogP contribution in [0.15, 0.2) is 18.2 Å². The van der Waals surface area contributed by atoms with E-state index < -0.39 is 0 Å². The van der Waals surface area contributed by atoms with Crippen molar-refractivity contribution in [1.29, 1.82) is 0 Å². The first-order chi connectivity index (χ1) is 14.2. The molecular formula is C23H35ClN4O. The Kier molecular flexibility index (Phi) is 7.20. The SMILES string of the molecule is O=C(Nc1ccc(N2CCCCC2)c(Cl)c1)NC1CCN(CC2CCCC2)CC1. The molecule has 1 saturated carbocycles. The molecule has 6 heteroatoms. The fourth-order valence-electron chi connectivity index (χ4n) is 5.15. The van der Waals surface area contributed by atoms with Crippen molar-refractivity contribution >= 4 is 29.0 Å². The Balaban J connectivity index is 1.22. The van der Waals surface area contributed by atoms with E-state index >= 15 is 0 Å². The first-order valence-electron chi connectivity index (χ1n) is 11.5. The minimum absolute atomic E-state index is 0.124. The molecule has 1 aromatic rings. The van der Waals surface area contributed by atoms with E-state index in [1.807, 2.05) is 18.2 Å². The number of hydrogen-bond donors (Lipinski definition) is 2. The highest BCUT2D eigenvalue weighted by molar-refractivity contribution is 6.33. The van der Waals surface area contributed by atoms with Crippen LogP contribution < -0.4 is 15.5 Å². The molecule has 3 fully saturated rings. The van der Waals surface area contributed by atoms with Gasteiger partial charge in [0, 0.05) is 44.5 Å². The van der Waals surface area contributed by atoms with Gasteiger partial charge in [-0.1, -0.05) is 24.4 Å². The summed E-state index contributed by atoms with van der Waals surface area (Å²) in [6, 6.07) is 6.00. The Bertz CT molecular complexity index is 677. The Morgan fingerprint density at radius 3 is 2.38 bits per heavy atom. The molecule has 0 bridgehead atoms. The highest BCUT2D eigenvalue weighted by Gasteiger charge is 2.24. The summed E-state index contributed by atoms with van der Waals surface area (Å²) in [5.74, 6) is 0.903. The molecule has 0 atom stereocenters. The van der Waals surface area contributed by atoms with E-state index in [0.717, 1.165) is 56.3 Å². The van der Waals surface area contributed by atoms with Gasteiger partial charge in [0.15, 0.2) is 0 Å². The third-order valence-electron chi connectivity index (χ3n) is 6.82. The summed E-state index contributed by atoms with van der Waals surface area (Å²) in [4.78, 5) is 17.4. The first kappa shape index (κ1) is 20.8. The number of nitrogens with one attached hydrogen (secondary N) is 2. The van der Waals surface area contributed by atoms with E-state index in [9.17, 15) is 4.79 Å². The number of likely N-dealkylation sites (tertiary alicyclic amines) is 1. The number of nitrogens with zero attached hydrogens (tertiary/aromatic N) is 2. The molecule has 5 nitrogen and oxygen atoms in total. The predicted octanol–water partition coefficient (Wildman–Crippen LogP) is 5.11. The number of anilines is 2. The van der Waals surface area contributed by atoms with Gasteiger partial charge in [0.05, 0.1) is 10.7 Å². The average molecular weight is 419 g/mol. The molecule has 2 N–H and O–H groups in total. The minimum Gasteiger partial charge on any atom is -0.370 e. The van der Waals surface area contributed by atoms with Crippen molar-refractivity contribution < 1.29 is 4.79 Å². The molecule has 4 rings (SSSR count). The van der Waals surface area contributed by atoms with Crippen molar-refractivity contribution in [3.8, 4) is 0 Å². The zero-order valence-electron chi connectivity index (χ0n) is 17.5. The van der Waals surface area contributed by atoms with Gasteiger partial charge in [0.2, 0.25) is 0 Å². The van der Waals surface area contributed by atoms with E-state index in [1.54, 1.807) is 0 Å². The van der Waals surface area contributed by atoms with Gasteiger partial charge in [-0.25, -0.2) is 4.79 Å². The normalized spacial score (nSPS) is 22.0. The standard InChI is InChI=1S/C23H35ClN4O/c24-21-16-20(8-9-22(21)28-12-4-1-5-13-28)26-23(29)25-19-10-14-27(15-11-19)17-18-6-2-3-7-18/h8-9,16,18-19H,1-7,10-15,17H2,(H2,25,26,29). The number of piperidine rings is 2. The monoisotopic (exact) mass is 418 g/mol. The third-order valence-corrected chi connectivity index (χ3v) is 7.12. The van der Waals surface area contributed by atoms with Gasteiger partial charge in [-0.2, -0.15) is 0 Å². The third kappa shape index (κ3) is 5.79. The Hall–Kier alpha value is -1.46. The van der Waals surface area contributed by atoms with Gasteiger partial charge in [-0.15, -0.1) is 0 Å². The van der Waals surface area contributed by atoms with Crippen molar-refractivity contribution in [1.82, 2.24) is 10.2 Å². The van der Waals surface area contributed by atoms with E-state index in [0.29, 0.717) is 5.02 Å². The number of carbonyl (C=O) groups excluding carboxylic acids is 1. The zero-order valence-corrected chi connectivity index (χ0v) is 18.2. The van der Waals surface area contributed by atoms with Crippen molar-refractivity contribution in [2.75, 3.05) is 42.9 Å². The van der Waals surface area contributed by atoms with Crippen molar-refractivity contribution in [3.63, 3.8) is 0 Å². The molecule has 0 spiro atoms. The van der Waals surface area contributed by atoms with Crippen LogP contribution >= 0.6 is 11.6 Å². The summed E-state index contributed by atoms with van der Waals surface area (Å²) in [6.07, 6.45) is 11.4. The van der Waals surface area contributed by atoms with Gasteiger partial charge in [-0.3, -0.25) is 0 Å². The summed E-state index contributed by atoms with van der Waals surface area (Å²) in [5, 5.41) is 6.83. The minimum atomic E-state index is -0.124. The first-order valence-corrected chi connectivity index (χ1v) is 11.9. The fourth-order valence-corrected chi connectivity index (χ4v) is 5.45. The van der Waals surface area contributed by atoms with Gasteiger partial charge in [-0.05, 0) is 69.1 Å². The summed E-state index contributed by atoms with van der Waals surface area (Å²) in [6.45, 7) is 5.56. The van der Waals surface area contributed by atoms with Gasteiger partial charge in [0.25, 0.3) is 0 Å². The lowest BCUT2D eigenvalue weighted by molar-refractivity contribution is 0.173. The average Bonchev–Trinajstić information content (AvgIpc) is 3.23. The smallest absolute Gasteiger partial charge is 0.319 e. The maximum Gasteiger partial charge on any atom is 0.319 e. The van der Waals surface area contributed by atoms with E-state index in [1.165, 1.54) is 51.5 Å². The molecular weight excluding hydrogens is 384 g/mol. The van der Waals surface area contributed by atoms with Crippen LogP contribution in [0.4, 0.5) is 16.2 Å².